The first-order valence-corrected chi connectivity index (χ1v) is 11.2. The fourth-order valence-corrected chi connectivity index (χ4v) is 3.25. The minimum atomic E-state index is -0.288. The maximum atomic E-state index is 11.3. The highest BCUT2D eigenvalue weighted by atomic mass is 16.1. The van der Waals surface area contributed by atoms with E-state index < -0.39 is 0 Å². The summed E-state index contributed by atoms with van der Waals surface area (Å²) in [7, 11) is 0. The van der Waals surface area contributed by atoms with Crippen molar-refractivity contribution in [1.82, 2.24) is 0 Å². The summed E-state index contributed by atoms with van der Waals surface area (Å²) in [4.78, 5) is 11.3. The third-order valence-electron chi connectivity index (χ3n) is 4.85. The number of allylic oxidation sites excluding steroid dienone is 3. The van der Waals surface area contributed by atoms with Gasteiger partial charge < -0.3 is 5.73 Å². The number of hydrogen-bond donors (Lipinski definition) is 1. The molecular weight excluding hydrogens is 318 g/mol. The molecule has 2 heteroatoms. The molecule has 0 aromatic rings. The van der Waals surface area contributed by atoms with Crippen LogP contribution in [0.3, 0.4) is 0 Å². The first-order valence-electron chi connectivity index (χ1n) is 11.2. The van der Waals surface area contributed by atoms with Crippen molar-refractivity contribution in [3.63, 3.8) is 0 Å². The van der Waals surface area contributed by atoms with E-state index in [9.17, 15) is 4.79 Å². The standard InChI is InChI=1S/C24H45NO/c1-4-5-6-7-8-9-10-11-12-13-14-15-16-17-18-19-20-23(24(25)26)21-22(2)3/h18-20,22H,4-17,21H2,1-3H3,(H2,25,26). The van der Waals surface area contributed by atoms with Gasteiger partial charge in [0.1, 0.15) is 0 Å². The number of nitrogens with two attached hydrogens (primary N) is 1. The van der Waals surface area contributed by atoms with Crippen LogP contribution < -0.4 is 5.73 Å². The van der Waals surface area contributed by atoms with Crippen LogP contribution >= 0.6 is 0 Å². The molecule has 0 heterocycles. The average molecular weight is 364 g/mol. The lowest BCUT2D eigenvalue weighted by Crippen LogP contribution is -2.15. The van der Waals surface area contributed by atoms with Gasteiger partial charge in [0, 0.05) is 5.57 Å². The third-order valence-corrected chi connectivity index (χ3v) is 4.85. The molecule has 0 spiro atoms. The molecule has 0 fully saturated rings. The highest BCUT2D eigenvalue weighted by molar-refractivity contribution is 5.92. The molecule has 0 aliphatic rings. The van der Waals surface area contributed by atoms with Gasteiger partial charge >= 0.3 is 0 Å². The average Bonchev–Trinajstić information content (AvgIpc) is 2.59. The Kier molecular flexibility index (Phi) is 18.0. The highest BCUT2D eigenvalue weighted by Gasteiger charge is 2.05. The van der Waals surface area contributed by atoms with E-state index in [0.717, 1.165) is 18.4 Å². The second-order valence-corrected chi connectivity index (χ2v) is 8.11. The Balaban J connectivity index is 3.46. The van der Waals surface area contributed by atoms with E-state index in [1.54, 1.807) is 0 Å². The van der Waals surface area contributed by atoms with Crippen LogP contribution in [0.2, 0.25) is 0 Å². The number of unbranched alkanes of at least 4 members (excludes halogenated alkanes) is 13. The maximum Gasteiger partial charge on any atom is 0.244 e. The lowest BCUT2D eigenvalue weighted by Gasteiger charge is -2.05. The van der Waals surface area contributed by atoms with Crippen LogP contribution in [0.25, 0.3) is 0 Å². The molecule has 0 aromatic carbocycles. The second kappa shape index (κ2) is 18.7. The van der Waals surface area contributed by atoms with Crippen molar-refractivity contribution in [2.75, 3.05) is 0 Å². The van der Waals surface area contributed by atoms with Gasteiger partial charge in [-0.05, 0) is 25.2 Å². The fourth-order valence-electron chi connectivity index (χ4n) is 3.25. The summed E-state index contributed by atoms with van der Waals surface area (Å²) < 4.78 is 0. The van der Waals surface area contributed by atoms with Crippen LogP contribution in [-0.4, -0.2) is 5.91 Å². The van der Waals surface area contributed by atoms with Gasteiger partial charge in [-0.15, -0.1) is 0 Å². The van der Waals surface area contributed by atoms with Gasteiger partial charge in [0.2, 0.25) is 5.91 Å². The minimum absolute atomic E-state index is 0.288. The molecule has 0 saturated carbocycles. The molecule has 0 rings (SSSR count). The number of carbonyl (C=O) groups excluding carboxylic acids is 1. The zero-order valence-electron chi connectivity index (χ0n) is 17.9. The summed E-state index contributed by atoms with van der Waals surface area (Å²) in [5, 5.41) is 0. The van der Waals surface area contributed by atoms with Crippen LogP contribution in [0.1, 0.15) is 117 Å². The molecule has 0 aliphatic carbocycles. The Hall–Kier alpha value is -1.05. The molecule has 0 radical (unpaired) electrons. The molecule has 0 saturated heterocycles. The molecule has 2 nitrogen and oxygen atoms in total. The molecule has 0 aliphatic heterocycles. The van der Waals surface area contributed by atoms with Crippen molar-refractivity contribution in [3.8, 4) is 0 Å². The largest absolute Gasteiger partial charge is 0.366 e. The van der Waals surface area contributed by atoms with Crippen molar-refractivity contribution in [2.45, 2.75) is 117 Å². The van der Waals surface area contributed by atoms with Crippen molar-refractivity contribution in [3.05, 3.63) is 23.8 Å². The highest BCUT2D eigenvalue weighted by Crippen LogP contribution is 2.13. The maximum absolute atomic E-state index is 11.3. The van der Waals surface area contributed by atoms with Crippen LogP contribution in [0.5, 0.6) is 0 Å². The second-order valence-electron chi connectivity index (χ2n) is 8.11. The number of hydrogen-bond acceptors (Lipinski definition) is 1. The van der Waals surface area contributed by atoms with E-state index in [1.807, 2.05) is 12.2 Å². The monoisotopic (exact) mass is 363 g/mol. The van der Waals surface area contributed by atoms with Crippen molar-refractivity contribution in [2.24, 2.45) is 11.7 Å². The third kappa shape index (κ3) is 17.8. The molecule has 0 atom stereocenters. The summed E-state index contributed by atoms with van der Waals surface area (Å²) in [6, 6.07) is 0. The number of amides is 1. The van der Waals surface area contributed by atoms with Gasteiger partial charge in [-0.25, -0.2) is 0 Å². The Morgan fingerprint density at radius 1 is 0.808 bits per heavy atom. The van der Waals surface area contributed by atoms with Crippen LogP contribution in [0, 0.1) is 5.92 Å². The molecule has 0 aromatic heterocycles. The fraction of sp³-hybridized carbons (Fsp3) is 0.792. The van der Waals surface area contributed by atoms with E-state index in [2.05, 4.69) is 26.8 Å². The normalized spacial score (nSPS) is 12.4. The summed E-state index contributed by atoms with van der Waals surface area (Å²) >= 11 is 0. The summed E-state index contributed by atoms with van der Waals surface area (Å²) in [6.45, 7) is 6.49. The first kappa shape index (κ1) is 24.9. The lowest BCUT2D eigenvalue weighted by atomic mass is 10.0. The van der Waals surface area contributed by atoms with Crippen molar-refractivity contribution in [1.29, 1.82) is 0 Å². The minimum Gasteiger partial charge on any atom is -0.366 e. The molecule has 1 amide bonds. The van der Waals surface area contributed by atoms with E-state index in [4.69, 9.17) is 5.73 Å². The van der Waals surface area contributed by atoms with Gasteiger partial charge in [-0.1, -0.05) is 116 Å². The summed E-state index contributed by atoms with van der Waals surface area (Å²) in [5.41, 5.74) is 6.15. The SMILES string of the molecule is CCCCCCCCCCCCCCCC=CC=C(CC(C)C)C(N)=O. The molecule has 0 bridgehead atoms. The van der Waals surface area contributed by atoms with E-state index in [0.29, 0.717) is 5.92 Å². The van der Waals surface area contributed by atoms with Gasteiger partial charge in [-0.2, -0.15) is 0 Å². The Morgan fingerprint density at radius 3 is 1.69 bits per heavy atom. The predicted molar refractivity (Wildman–Crippen MR) is 116 cm³/mol. The van der Waals surface area contributed by atoms with Crippen molar-refractivity contribution < 1.29 is 4.79 Å². The summed E-state index contributed by atoms with van der Waals surface area (Å²) in [5.74, 6) is 0.174. The quantitative estimate of drug-likeness (QED) is 0.153. The van der Waals surface area contributed by atoms with Gasteiger partial charge in [0.25, 0.3) is 0 Å². The molecule has 2 N–H and O–H groups in total. The van der Waals surface area contributed by atoms with E-state index in [1.165, 1.54) is 83.5 Å². The lowest BCUT2D eigenvalue weighted by molar-refractivity contribution is -0.114. The zero-order valence-corrected chi connectivity index (χ0v) is 17.9. The van der Waals surface area contributed by atoms with Crippen LogP contribution in [-0.2, 0) is 4.79 Å². The molecule has 0 unspecified atom stereocenters. The first-order chi connectivity index (χ1) is 12.6. The van der Waals surface area contributed by atoms with E-state index in [-0.39, 0.29) is 5.91 Å². The van der Waals surface area contributed by atoms with Gasteiger partial charge in [0.05, 0.1) is 0 Å². The Labute approximate surface area is 163 Å². The predicted octanol–water partition coefficient (Wildman–Crippen LogP) is 7.48. The summed E-state index contributed by atoms with van der Waals surface area (Å²) in [6.07, 6.45) is 26.0. The van der Waals surface area contributed by atoms with Crippen LogP contribution in [0.4, 0.5) is 0 Å². The smallest absolute Gasteiger partial charge is 0.244 e. The van der Waals surface area contributed by atoms with E-state index >= 15 is 0 Å². The Morgan fingerprint density at radius 2 is 1.27 bits per heavy atom. The number of rotatable bonds is 18. The molecule has 26 heavy (non-hydrogen) atoms. The molecular formula is C24H45NO. The number of primary amides is 1. The Bertz CT molecular complexity index is 382. The van der Waals surface area contributed by atoms with Crippen molar-refractivity contribution >= 4 is 5.91 Å². The zero-order chi connectivity index (χ0) is 19.5. The topological polar surface area (TPSA) is 43.1 Å². The van der Waals surface area contributed by atoms with Gasteiger partial charge in [-0.3, -0.25) is 4.79 Å². The number of carbonyl (C=O) groups is 1. The van der Waals surface area contributed by atoms with Crippen LogP contribution in [0.15, 0.2) is 23.8 Å². The van der Waals surface area contributed by atoms with Gasteiger partial charge in [0.15, 0.2) is 0 Å². The molecule has 152 valence electrons.